The van der Waals surface area contributed by atoms with E-state index < -0.39 is 19.3 Å². The second-order valence-electron chi connectivity index (χ2n) is 13.7. The number of hydrogen-bond donors (Lipinski definition) is 0. The van der Waals surface area contributed by atoms with Crippen LogP contribution >= 0.6 is 0 Å². The Morgan fingerprint density at radius 3 is 1.72 bits per heavy atom. The number of pyridine rings is 1. The minimum absolute atomic E-state index is 0.241. The van der Waals surface area contributed by atoms with Crippen LogP contribution in [0, 0.1) is 19.5 Å². The van der Waals surface area contributed by atoms with Gasteiger partial charge in [0.05, 0.1) is 0 Å². The summed E-state index contributed by atoms with van der Waals surface area (Å²) in [6, 6.07) is 18.8. The first-order chi connectivity index (χ1) is 22.5. The topological polar surface area (TPSA) is 22.8 Å². The third kappa shape index (κ3) is 7.34. The molecule has 0 N–H and O–H groups in total. The number of imidazole rings is 1. The normalized spacial score (nSPS) is 11.8. The molecule has 0 amide bonds. The average molecular weight is 812 g/mol. The number of aryl methyl sites for hydroxylation is 1. The Kier molecular flexibility index (Phi) is 11.2. The molecule has 2 heterocycles. The summed E-state index contributed by atoms with van der Waals surface area (Å²) in [4.78, 5) is 4.72. The fourth-order valence-electron chi connectivity index (χ4n) is 6.27. The van der Waals surface area contributed by atoms with E-state index in [1.54, 1.807) is 12.1 Å². The summed E-state index contributed by atoms with van der Waals surface area (Å²) in [5.74, 6) is 4.68. The summed E-state index contributed by atoms with van der Waals surface area (Å²) in [6.07, 6.45) is 9.45. The van der Waals surface area contributed by atoms with Gasteiger partial charge in [0, 0.05) is 0 Å². The Bertz CT molecular complexity index is 1880. The monoisotopic (exact) mass is 811 g/mol. The van der Waals surface area contributed by atoms with Gasteiger partial charge in [-0.25, -0.2) is 0 Å². The number of rotatable bonds is 9. The van der Waals surface area contributed by atoms with E-state index in [1.165, 1.54) is 37.3 Å². The van der Waals surface area contributed by atoms with Gasteiger partial charge in [-0.2, -0.15) is 0 Å². The van der Waals surface area contributed by atoms with Crippen molar-refractivity contribution in [2.45, 2.75) is 105 Å². The molecule has 0 aliphatic carbocycles. The second kappa shape index (κ2) is 15.2. The first-order valence-electron chi connectivity index (χ1n) is 17.1. The number of aromatic nitrogens is 3. The maximum absolute atomic E-state index is 15.0. The third-order valence-corrected chi connectivity index (χ3v) is 10.9. The standard InChI is InChI=1S/C27H36N2.C15H13FN.Au/c1-18(2)22-11-9-12-23(19(3)4)26(22)28-15-16-29(17-28)27-24(20(5)6)13-10-14-25(27)21(7)8;1-3-5-6-11-9-13-14(16)8-7-12(4-2)15(13)17-10-11;/h9-16,18-21H,1-8H3;7-10H,3,5-6H2,1H3;. The number of unbranched alkanes of at least 4 members (excludes halogenated alkanes) is 1. The molecule has 5 heteroatoms. The molecule has 0 atom stereocenters. The van der Waals surface area contributed by atoms with E-state index in [0.717, 1.165) is 30.4 Å². The molecule has 0 saturated carbocycles. The molecular formula is C42H49AuFN3. The molecule has 0 unspecified atom stereocenters. The predicted octanol–water partition coefficient (Wildman–Crippen LogP) is 11.4. The van der Waals surface area contributed by atoms with Gasteiger partial charge >= 0.3 is 291 Å². The number of nitrogens with zero attached hydrogens (tertiary/aromatic N) is 3. The Hall–Kier alpha value is -3.49. The van der Waals surface area contributed by atoms with Gasteiger partial charge in [-0.3, -0.25) is 0 Å². The zero-order valence-corrected chi connectivity index (χ0v) is 31.5. The molecule has 3 aromatic carbocycles. The molecule has 3 nitrogen and oxygen atoms in total. The molecule has 2 aromatic heterocycles. The maximum atomic E-state index is 15.0. The van der Waals surface area contributed by atoms with Crippen LogP contribution in [0.15, 0.2) is 73.2 Å². The summed E-state index contributed by atoms with van der Waals surface area (Å²) in [5, 5.41) is 0.556. The zero-order valence-electron chi connectivity index (χ0n) is 29.4. The first-order valence-corrected chi connectivity index (χ1v) is 19.2. The van der Waals surface area contributed by atoms with Crippen LogP contribution in [-0.2, 0) is 25.7 Å². The Balaban J connectivity index is 1.81. The zero-order chi connectivity index (χ0) is 33.8. The molecule has 0 saturated heterocycles. The van der Waals surface area contributed by atoms with Gasteiger partial charge in [0.25, 0.3) is 0 Å². The summed E-state index contributed by atoms with van der Waals surface area (Å²) in [7, 11) is 0. The van der Waals surface area contributed by atoms with Gasteiger partial charge in [-0.15, -0.1) is 0 Å². The van der Waals surface area contributed by atoms with Crippen molar-refractivity contribution in [3.63, 3.8) is 0 Å². The van der Waals surface area contributed by atoms with Crippen molar-refractivity contribution in [3.8, 4) is 21.4 Å². The number of para-hydroxylation sites is 2. The molecule has 47 heavy (non-hydrogen) atoms. The van der Waals surface area contributed by atoms with E-state index >= 15 is 4.39 Å². The van der Waals surface area contributed by atoms with Gasteiger partial charge in [0.15, 0.2) is 0 Å². The van der Waals surface area contributed by atoms with Crippen molar-refractivity contribution < 1.29 is 23.7 Å². The van der Waals surface area contributed by atoms with Gasteiger partial charge in [-0.05, 0) is 0 Å². The fraction of sp³-hybridized carbons (Fsp3) is 0.381. The van der Waals surface area contributed by atoms with Crippen molar-refractivity contribution in [2.75, 3.05) is 0 Å². The van der Waals surface area contributed by atoms with Crippen molar-refractivity contribution in [1.82, 2.24) is 14.1 Å². The van der Waals surface area contributed by atoms with E-state index in [4.69, 9.17) is 4.98 Å². The van der Waals surface area contributed by atoms with Crippen LogP contribution in [0.4, 0.5) is 4.39 Å². The van der Waals surface area contributed by atoms with Gasteiger partial charge in [-0.1, -0.05) is 0 Å². The van der Waals surface area contributed by atoms with Crippen LogP contribution in [0.3, 0.4) is 0 Å². The van der Waals surface area contributed by atoms with E-state index in [-0.39, 0.29) is 5.82 Å². The first kappa shape index (κ1) is 34.8. The molecule has 250 valence electrons. The second-order valence-corrected chi connectivity index (χ2v) is 15.7. The SMILES string of the molecule is CCCCc1cnc2c(C#[C][Au]=[c]3n(-c4c(C(C)C)cccc4C(C)C)ccn3-c3c(C(C)C)cccc3C(C)C)ccc(F)c2c1. The molecular weight excluding hydrogens is 762 g/mol. The van der Waals surface area contributed by atoms with Crippen LogP contribution in [0.1, 0.15) is 132 Å². The van der Waals surface area contributed by atoms with Crippen molar-refractivity contribution in [3.05, 3.63) is 116 Å². The van der Waals surface area contributed by atoms with Crippen LogP contribution < -0.4 is 0 Å². The van der Waals surface area contributed by atoms with E-state index in [2.05, 4.69) is 130 Å². The van der Waals surface area contributed by atoms with Gasteiger partial charge < -0.3 is 0 Å². The number of halogens is 1. The third-order valence-electron chi connectivity index (χ3n) is 8.84. The Morgan fingerprint density at radius 2 is 1.26 bits per heavy atom. The van der Waals surface area contributed by atoms with E-state index in [0.29, 0.717) is 34.6 Å². The summed E-state index contributed by atoms with van der Waals surface area (Å²) in [6.45, 7) is 20.4. The number of hydrogen-bond acceptors (Lipinski definition) is 1. The molecule has 0 spiro atoms. The molecule has 0 bridgehead atoms. The van der Waals surface area contributed by atoms with Crippen molar-refractivity contribution in [1.29, 1.82) is 0 Å². The number of fused-ring (bicyclic) bond motifs is 1. The molecule has 5 aromatic rings. The average Bonchev–Trinajstić information content (AvgIpc) is 3.46. The van der Waals surface area contributed by atoms with Gasteiger partial charge in [0.2, 0.25) is 0 Å². The minimum atomic E-state index is -0.668. The van der Waals surface area contributed by atoms with Crippen LogP contribution in [0.25, 0.3) is 22.3 Å². The van der Waals surface area contributed by atoms with Crippen LogP contribution in [0.2, 0.25) is 0 Å². The van der Waals surface area contributed by atoms with E-state index in [1.807, 2.05) is 12.3 Å². The number of benzene rings is 3. The van der Waals surface area contributed by atoms with Crippen LogP contribution in [0.5, 0.6) is 0 Å². The van der Waals surface area contributed by atoms with Crippen molar-refractivity contribution >= 4 is 10.9 Å². The molecule has 0 radical (unpaired) electrons. The fourth-order valence-corrected chi connectivity index (χ4v) is 8.27. The van der Waals surface area contributed by atoms with Crippen LogP contribution in [-0.4, -0.2) is 14.1 Å². The van der Waals surface area contributed by atoms with Gasteiger partial charge in [0.1, 0.15) is 0 Å². The molecule has 0 aliphatic rings. The molecule has 0 aliphatic heterocycles. The quantitative estimate of drug-likeness (QED) is 0.107. The molecule has 0 fully saturated rings. The Labute approximate surface area is 290 Å². The summed E-state index contributed by atoms with van der Waals surface area (Å²) < 4.78 is 24.7. The summed E-state index contributed by atoms with van der Waals surface area (Å²) >= 11 is -0.668. The Morgan fingerprint density at radius 1 is 0.745 bits per heavy atom. The summed E-state index contributed by atoms with van der Waals surface area (Å²) in [5.41, 5.74) is 10.4. The molecule has 5 rings (SSSR count). The van der Waals surface area contributed by atoms with E-state index in [9.17, 15) is 0 Å². The predicted molar refractivity (Wildman–Crippen MR) is 192 cm³/mol. The van der Waals surface area contributed by atoms with Crippen molar-refractivity contribution in [2.24, 2.45) is 0 Å².